The Kier molecular flexibility index (Phi) is 19.2. The number of carbonyl (C=O) groups is 2. The quantitative estimate of drug-likeness (QED) is 0.409. The van der Waals surface area contributed by atoms with E-state index in [0.717, 1.165) is 47.9 Å². The molecule has 0 aliphatic rings. The molecule has 0 spiro atoms. The van der Waals surface area contributed by atoms with Gasteiger partial charge in [-0.25, -0.2) is 0 Å². The molecule has 0 saturated heterocycles. The molecule has 0 heterocycles. The fraction of sp³-hybridized carbons (Fsp3) is 0.364. The number of carbonyl (C=O) groups excluding carboxylic acids is 2. The molecule has 29 heavy (non-hydrogen) atoms. The molecule has 0 atom stereocenters. The second kappa shape index (κ2) is 16.9. The zero-order chi connectivity index (χ0) is 19.7. The van der Waals surface area contributed by atoms with Gasteiger partial charge in [-0.05, 0) is 37.8 Å². The summed E-state index contributed by atoms with van der Waals surface area (Å²) in [5, 5.41) is 0. The van der Waals surface area contributed by atoms with E-state index in [1.165, 1.54) is 0 Å². The molecular weight excluding hydrogens is 663 g/mol. The first-order valence-corrected chi connectivity index (χ1v) is 9.01. The summed E-state index contributed by atoms with van der Waals surface area (Å²) in [6.07, 6.45) is 3.76. The van der Waals surface area contributed by atoms with Crippen molar-refractivity contribution in [3.05, 3.63) is 81.2 Å². The molecule has 2 aromatic carbocycles. The van der Waals surface area contributed by atoms with Gasteiger partial charge >= 0.3 is 25.8 Å². The van der Waals surface area contributed by atoms with Gasteiger partial charge in [-0.3, -0.25) is 0 Å². The molecule has 0 aliphatic carbocycles. The Morgan fingerprint density at radius 1 is 0.724 bits per heavy atom. The molecule has 0 radical (unpaired) electrons. The van der Waals surface area contributed by atoms with Crippen molar-refractivity contribution in [2.45, 2.75) is 53.4 Å². The van der Waals surface area contributed by atoms with E-state index in [9.17, 15) is 9.59 Å². The molecule has 2 aromatic rings. The smallest absolute Gasteiger partial charge is 1.00 e. The standard InChI is InChI=1S/2C11H15NO.2BrH.Hf/c2*1-3-4-9-7-8(2)5-6-10(9)11(12)13;;;/h2*5-7H,3-4H2,1-2H3,(H2,12,13);2*1H;/q;;;;+4/p-4. The summed E-state index contributed by atoms with van der Waals surface area (Å²) in [5.41, 5.74) is 19.5. The maximum Gasteiger partial charge on any atom is 4.00 e. The van der Waals surface area contributed by atoms with Crippen LogP contribution >= 0.6 is 0 Å². The van der Waals surface area contributed by atoms with E-state index in [1.54, 1.807) is 12.1 Å². The van der Waals surface area contributed by atoms with Crippen molar-refractivity contribution in [2.24, 2.45) is 0 Å². The maximum absolute atomic E-state index is 10.9. The minimum absolute atomic E-state index is 0. The zero-order valence-electron chi connectivity index (χ0n) is 17.4. The molecule has 0 bridgehead atoms. The van der Waals surface area contributed by atoms with Gasteiger partial charge in [0.05, 0.1) is 11.8 Å². The molecule has 7 heteroatoms. The van der Waals surface area contributed by atoms with Gasteiger partial charge < -0.3 is 55.0 Å². The molecule has 4 nitrogen and oxygen atoms in total. The van der Waals surface area contributed by atoms with Crippen LogP contribution in [-0.2, 0) is 38.7 Å². The number of rotatable bonds is 6. The second-order valence-electron chi connectivity index (χ2n) is 6.48. The number of aryl methyl sites for hydroxylation is 4. The number of amides is 2. The van der Waals surface area contributed by atoms with Crippen molar-refractivity contribution in [1.29, 1.82) is 0 Å². The SMILES string of the molecule is CCCc1cc(C)ccc1C([NH-])=O.CCCc1cc(C)ccc1C([NH-])=O.[Br-].[Br-].[Hf+4]. The normalized spacial score (nSPS) is 8.97. The summed E-state index contributed by atoms with van der Waals surface area (Å²) >= 11 is 0. The molecule has 0 aliphatic heterocycles. The third kappa shape index (κ3) is 11.2. The van der Waals surface area contributed by atoms with Crippen molar-refractivity contribution in [3.63, 3.8) is 0 Å². The van der Waals surface area contributed by atoms with E-state index >= 15 is 0 Å². The van der Waals surface area contributed by atoms with Gasteiger partial charge in [0.25, 0.3) is 0 Å². The van der Waals surface area contributed by atoms with Gasteiger partial charge in [0, 0.05) is 11.1 Å². The summed E-state index contributed by atoms with van der Waals surface area (Å²) in [6, 6.07) is 11.2. The maximum atomic E-state index is 10.9. The number of hydrogen-bond donors (Lipinski definition) is 0. The van der Waals surface area contributed by atoms with Gasteiger partial charge in [-0.1, -0.05) is 74.2 Å². The third-order valence-electron chi connectivity index (χ3n) is 4.05. The third-order valence-corrected chi connectivity index (χ3v) is 4.05. The zero-order valence-corrected chi connectivity index (χ0v) is 24.1. The van der Waals surface area contributed by atoms with E-state index in [2.05, 4.69) is 13.8 Å². The predicted molar refractivity (Wildman–Crippen MR) is 108 cm³/mol. The Morgan fingerprint density at radius 2 is 1.03 bits per heavy atom. The first kappa shape index (κ1) is 32.9. The largest absolute Gasteiger partial charge is 4.00 e. The van der Waals surface area contributed by atoms with E-state index in [4.69, 9.17) is 11.5 Å². The number of hydrogen-bond acceptors (Lipinski definition) is 2. The molecule has 0 fully saturated rings. The van der Waals surface area contributed by atoms with E-state index < -0.39 is 11.8 Å². The first-order valence-electron chi connectivity index (χ1n) is 9.01. The summed E-state index contributed by atoms with van der Waals surface area (Å²) in [4.78, 5) is 21.8. The topological polar surface area (TPSA) is 81.7 Å². The van der Waals surface area contributed by atoms with Gasteiger partial charge in [0.2, 0.25) is 0 Å². The molecule has 2 amide bonds. The molecule has 0 unspecified atom stereocenters. The van der Waals surface area contributed by atoms with Crippen molar-refractivity contribution >= 4 is 11.8 Å². The molecule has 2 N–H and O–H groups in total. The Balaban J connectivity index is -0.000000422. The minimum atomic E-state index is -0.580. The first-order chi connectivity index (χ1) is 12.3. The van der Waals surface area contributed by atoms with Crippen LogP contribution in [0.5, 0.6) is 0 Å². The van der Waals surface area contributed by atoms with Gasteiger partial charge in [-0.2, -0.15) is 0 Å². The average molecular weight is 691 g/mol. The summed E-state index contributed by atoms with van der Waals surface area (Å²) in [5.74, 6) is -1.16. The van der Waals surface area contributed by atoms with E-state index in [0.29, 0.717) is 11.1 Å². The van der Waals surface area contributed by atoms with Crippen LogP contribution in [-0.4, -0.2) is 11.8 Å². The number of halogens is 2. The van der Waals surface area contributed by atoms with Crippen molar-refractivity contribution < 1.29 is 69.4 Å². The molecule has 0 aromatic heterocycles. The summed E-state index contributed by atoms with van der Waals surface area (Å²) in [7, 11) is 0. The molecule has 0 saturated carbocycles. The van der Waals surface area contributed by atoms with Crippen LogP contribution in [0, 0.1) is 13.8 Å². The number of benzene rings is 2. The van der Waals surface area contributed by atoms with Gasteiger partial charge in [-0.15, -0.1) is 0 Å². The molecule has 156 valence electrons. The Bertz CT molecular complexity index is 718. The summed E-state index contributed by atoms with van der Waals surface area (Å²) in [6.45, 7) is 8.13. The van der Waals surface area contributed by atoms with Gasteiger partial charge in [0.15, 0.2) is 0 Å². The second-order valence-corrected chi connectivity index (χ2v) is 6.48. The van der Waals surface area contributed by atoms with Gasteiger partial charge in [0.1, 0.15) is 0 Å². The summed E-state index contributed by atoms with van der Waals surface area (Å²) < 4.78 is 0. The monoisotopic (exact) mass is 690 g/mol. The minimum Gasteiger partial charge on any atom is -1.00 e. The fourth-order valence-electron chi connectivity index (χ4n) is 2.84. The fourth-order valence-corrected chi connectivity index (χ4v) is 2.84. The van der Waals surface area contributed by atoms with Crippen LogP contribution in [0.2, 0.25) is 0 Å². The van der Waals surface area contributed by atoms with Crippen LogP contribution < -0.4 is 34.0 Å². The van der Waals surface area contributed by atoms with Crippen LogP contribution in [0.15, 0.2) is 36.4 Å². The van der Waals surface area contributed by atoms with Crippen LogP contribution in [0.1, 0.15) is 69.7 Å². The van der Waals surface area contributed by atoms with Crippen molar-refractivity contribution in [2.75, 3.05) is 0 Å². The van der Waals surface area contributed by atoms with Crippen molar-refractivity contribution in [1.82, 2.24) is 0 Å². The average Bonchev–Trinajstić information content (AvgIpc) is 2.55. The van der Waals surface area contributed by atoms with Crippen molar-refractivity contribution in [3.8, 4) is 0 Å². The van der Waals surface area contributed by atoms with Crippen LogP contribution in [0.4, 0.5) is 0 Å². The Labute approximate surface area is 214 Å². The Morgan fingerprint density at radius 3 is 1.28 bits per heavy atom. The number of nitrogens with one attached hydrogen (secondary N) is 2. The molecular formula is C22H28Br2HfN2O2. The van der Waals surface area contributed by atoms with Crippen LogP contribution in [0.3, 0.4) is 0 Å². The van der Waals surface area contributed by atoms with Crippen LogP contribution in [0.25, 0.3) is 11.5 Å². The van der Waals surface area contributed by atoms with E-state index in [-0.39, 0.29) is 59.8 Å². The Hall–Kier alpha value is -0.790. The molecule has 2 rings (SSSR count). The van der Waals surface area contributed by atoms with E-state index in [1.807, 2.05) is 38.1 Å². The predicted octanol–water partition coefficient (Wildman–Crippen LogP) is 0.285.